The van der Waals surface area contributed by atoms with Crippen LogP contribution in [0.2, 0.25) is 0 Å². The topological polar surface area (TPSA) is 42.1 Å². The van der Waals surface area contributed by atoms with Gasteiger partial charge in [0, 0.05) is 6.20 Å². The van der Waals surface area contributed by atoms with E-state index in [0.717, 1.165) is 7.11 Å². The largest absolute Gasteiger partial charge is 0.491 e. The fraction of sp³-hybridized carbons (Fsp3) is 0.286. The molecule has 1 aromatic rings. The first-order valence-electron chi connectivity index (χ1n) is 3.31. The second-order valence-corrected chi connectivity index (χ2v) is 2.21. The third-order valence-corrected chi connectivity index (χ3v) is 1.46. The van der Waals surface area contributed by atoms with Gasteiger partial charge in [0.2, 0.25) is 0 Å². The highest BCUT2D eigenvalue weighted by Crippen LogP contribution is 2.27. The minimum Gasteiger partial charge on any atom is -0.491 e. The van der Waals surface area contributed by atoms with E-state index in [4.69, 9.17) is 0 Å². The molecule has 0 spiro atoms. The Labute approximate surface area is 71.2 Å². The lowest BCUT2D eigenvalue weighted by atomic mass is 10.2. The van der Waals surface area contributed by atoms with Crippen molar-refractivity contribution in [1.82, 2.24) is 4.98 Å². The van der Waals surface area contributed by atoms with Crippen LogP contribution in [0, 0.1) is 5.82 Å². The summed E-state index contributed by atoms with van der Waals surface area (Å²) in [5.41, 5.74) is -1.88. The van der Waals surface area contributed by atoms with Crippen LogP contribution in [-0.4, -0.2) is 12.1 Å². The molecular formula is C7H6F3NO2. The number of ether oxygens (including phenoxy) is 1. The molecule has 0 radical (unpaired) electrons. The van der Waals surface area contributed by atoms with E-state index in [0.29, 0.717) is 6.20 Å². The van der Waals surface area contributed by atoms with Crippen molar-refractivity contribution in [2.45, 2.75) is 6.43 Å². The number of nitrogens with one attached hydrogen (secondary N) is 1. The van der Waals surface area contributed by atoms with Gasteiger partial charge < -0.3 is 9.72 Å². The summed E-state index contributed by atoms with van der Waals surface area (Å²) in [6.07, 6.45) is -2.50. The Morgan fingerprint density at radius 2 is 2.15 bits per heavy atom. The van der Waals surface area contributed by atoms with Crippen molar-refractivity contribution >= 4 is 0 Å². The maximum atomic E-state index is 12.7. The Morgan fingerprint density at radius 1 is 1.54 bits per heavy atom. The lowest BCUT2D eigenvalue weighted by molar-refractivity contribution is 0.141. The van der Waals surface area contributed by atoms with Crippen LogP contribution in [0.25, 0.3) is 0 Å². The molecule has 0 aliphatic carbocycles. The molecule has 13 heavy (non-hydrogen) atoms. The van der Waals surface area contributed by atoms with Gasteiger partial charge in [-0.15, -0.1) is 0 Å². The highest BCUT2D eigenvalue weighted by atomic mass is 19.3. The average Bonchev–Trinajstić information content (AvgIpc) is 2.07. The zero-order chi connectivity index (χ0) is 10.0. The first kappa shape index (κ1) is 9.63. The predicted molar refractivity (Wildman–Crippen MR) is 38.5 cm³/mol. The number of alkyl halides is 2. The number of H-pyrrole nitrogens is 1. The van der Waals surface area contributed by atoms with Gasteiger partial charge in [-0.1, -0.05) is 0 Å². The summed E-state index contributed by atoms with van der Waals surface area (Å²) in [5, 5.41) is 0. The van der Waals surface area contributed by atoms with Gasteiger partial charge >= 0.3 is 0 Å². The molecule has 3 nitrogen and oxygen atoms in total. The lowest BCUT2D eigenvalue weighted by Crippen LogP contribution is -2.13. The third kappa shape index (κ3) is 1.66. The van der Waals surface area contributed by atoms with E-state index in [1.165, 1.54) is 0 Å². The maximum Gasteiger partial charge on any atom is 0.290 e. The molecule has 0 aliphatic rings. The van der Waals surface area contributed by atoms with E-state index in [1.807, 2.05) is 4.98 Å². The van der Waals surface area contributed by atoms with Crippen LogP contribution in [-0.2, 0) is 0 Å². The Kier molecular flexibility index (Phi) is 2.60. The second-order valence-electron chi connectivity index (χ2n) is 2.21. The van der Waals surface area contributed by atoms with E-state index < -0.39 is 29.1 Å². The van der Waals surface area contributed by atoms with Crippen LogP contribution < -0.4 is 10.3 Å². The molecule has 0 aromatic carbocycles. The van der Waals surface area contributed by atoms with Gasteiger partial charge in [0.15, 0.2) is 11.6 Å². The zero-order valence-electron chi connectivity index (χ0n) is 6.61. The summed E-state index contributed by atoms with van der Waals surface area (Å²) in [6.45, 7) is 0. The van der Waals surface area contributed by atoms with Gasteiger partial charge in [-0.3, -0.25) is 4.79 Å². The van der Waals surface area contributed by atoms with Crippen LogP contribution in [0.5, 0.6) is 5.75 Å². The van der Waals surface area contributed by atoms with Crippen molar-refractivity contribution in [3.05, 3.63) is 27.9 Å². The van der Waals surface area contributed by atoms with Crippen molar-refractivity contribution in [3.63, 3.8) is 0 Å². The van der Waals surface area contributed by atoms with Gasteiger partial charge in [0.05, 0.1) is 7.11 Å². The fourth-order valence-corrected chi connectivity index (χ4v) is 0.909. The Balaban J connectivity index is 3.44. The molecule has 0 unspecified atom stereocenters. The highest BCUT2D eigenvalue weighted by molar-refractivity contribution is 5.32. The highest BCUT2D eigenvalue weighted by Gasteiger charge is 2.21. The summed E-state index contributed by atoms with van der Waals surface area (Å²) in [7, 11) is 1.02. The third-order valence-electron chi connectivity index (χ3n) is 1.46. The van der Waals surface area contributed by atoms with E-state index in [9.17, 15) is 18.0 Å². The number of rotatable bonds is 2. The van der Waals surface area contributed by atoms with Gasteiger partial charge in [0.25, 0.3) is 12.0 Å². The molecule has 0 fully saturated rings. The molecule has 0 atom stereocenters. The van der Waals surface area contributed by atoms with Crippen molar-refractivity contribution in [1.29, 1.82) is 0 Å². The number of methoxy groups -OCH3 is 1. The van der Waals surface area contributed by atoms with Gasteiger partial charge in [-0.25, -0.2) is 13.2 Å². The molecule has 0 amide bonds. The number of pyridine rings is 1. The van der Waals surface area contributed by atoms with Gasteiger partial charge in [-0.05, 0) is 0 Å². The molecule has 0 bridgehead atoms. The predicted octanol–water partition coefficient (Wildman–Crippen LogP) is 1.46. The SMILES string of the molecule is COc1c(C(F)F)c(F)c[nH]c1=O. The second kappa shape index (κ2) is 3.51. The molecule has 1 N–H and O–H groups in total. The van der Waals surface area contributed by atoms with Gasteiger partial charge in [-0.2, -0.15) is 0 Å². The summed E-state index contributed by atoms with van der Waals surface area (Å²) >= 11 is 0. The van der Waals surface area contributed by atoms with E-state index in [1.54, 1.807) is 0 Å². The zero-order valence-corrected chi connectivity index (χ0v) is 6.61. The minimum atomic E-state index is -3.07. The van der Waals surface area contributed by atoms with Crippen molar-refractivity contribution in [3.8, 4) is 5.75 Å². The van der Waals surface area contributed by atoms with Crippen LogP contribution >= 0.6 is 0 Å². The number of hydrogen-bond donors (Lipinski definition) is 1. The first-order chi connectivity index (χ1) is 6.07. The molecule has 72 valence electrons. The van der Waals surface area contributed by atoms with E-state index in [-0.39, 0.29) is 0 Å². The number of aromatic nitrogens is 1. The van der Waals surface area contributed by atoms with Gasteiger partial charge in [0.1, 0.15) is 5.56 Å². The Morgan fingerprint density at radius 3 is 2.54 bits per heavy atom. The van der Waals surface area contributed by atoms with E-state index >= 15 is 0 Å². The number of aromatic amines is 1. The van der Waals surface area contributed by atoms with Crippen LogP contribution in [0.3, 0.4) is 0 Å². The van der Waals surface area contributed by atoms with Crippen LogP contribution in [0.4, 0.5) is 13.2 Å². The van der Waals surface area contributed by atoms with E-state index in [2.05, 4.69) is 4.74 Å². The molecule has 1 rings (SSSR count). The lowest BCUT2D eigenvalue weighted by Gasteiger charge is -2.06. The summed E-state index contributed by atoms with van der Waals surface area (Å²) in [6, 6.07) is 0. The van der Waals surface area contributed by atoms with Crippen molar-refractivity contribution in [2.24, 2.45) is 0 Å². The average molecular weight is 193 g/mol. The standard InChI is InChI=1S/C7H6F3NO2/c1-13-5-4(6(9)10)3(8)2-11-7(5)12/h2,6H,1H3,(H,11,12). The van der Waals surface area contributed by atoms with Crippen molar-refractivity contribution < 1.29 is 17.9 Å². The van der Waals surface area contributed by atoms with Crippen LogP contribution in [0.15, 0.2) is 11.0 Å². The number of hydrogen-bond acceptors (Lipinski definition) is 2. The fourth-order valence-electron chi connectivity index (χ4n) is 0.909. The number of halogens is 3. The van der Waals surface area contributed by atoms with Crippen molar-refractivity contribution in [2.75, 3.05) is 7.11 Å². The Hall–Kier alpha value is -1.46. The molecule has 0 saturated heterocycles. The summed E-state index contributed by atoms with van der Waals surface area (Å²) in [5.74, 6) is -1.87. The van der Waals surface area contributed by atoms with Crippen LogP contribution in [0.1, 0.15) is 12.0 Å². The summed E-state index contributed by atoms with van der Waals surface area (Å²) < 4.78 is 41.5. The normalized spacial score (nSPS) is 10.5. The molecular weight excluding hydrogens is 187 g/mol. The minimum absolute atomic E-state index is 0.576. The summed E-state index contributed by atoms with van der Waals surface area (Å²) in [4.78, 5) is 12.8. The molecule has 1 heterocycles. The molecule has 1 aromatic heterocycles. The molecule has 0 aliphatic heterocycles. The molecule has 0 saturated carbocycles. The maximum absolute atomic E-state index is 12.7. The molecule has 6 heteroatoms. The Bertz CT molecular complexity index is 361. The first-order valence-corrected chi connectivity index (χ1v) is 3.31. The smallest absolute Gasteiger partial charge is 0.290 e. The monoisotopic (exact) mass is 193 g/mol. The quantitative estimate of drug-likeness (QED) is 0.772.